The lowest BCUT2D eigenvalue weighted by atomic mass is 10.2. The largest absolute Gasteiger partial charge is 0.489 e. The molecule has 4 aromatic rings. The average Bonchev–Trinajstić information content (AvgIpc) is 3.13. The van der Waals surface area contributed by atoms with Crippen LogP contribution in [-0.2, 0) is 27.7 Å². The minimum atomic E-state index is -0.430. The van der Waals surface area contributed by atoms with Crippen molar-refractivity contribution in [1.29, 1.82) is 0 Å². The number of anilines is 1. The molecule has 0 bridgehead atoms. The van der Waals surface area contributed by atoms with E-state index in [0.717, 1.165) is 21.4 Å². The molecular formula is C22H22N6O3. The van der Waals surface area contributed by atoms with Crippen LogP contribution in [-0.4, -0.2) is 24.9 Å². The Morgan fingerprint density at radius 2 is 1.68 bits per heavy atom. The number of hydrogen-bond donors (Lipinski definition) is 1. The number of ether oxygens (including phenoxy) is 1. The van der Waals surface area contributed by atoms with Crippen LogP contribution in [0, 0.1) is 0 Å². The number of nitrogens with zero attached hydrogens (tertiary/aromatic N) is 5. The zero-order valence-corrected chi connectivity index (χ0v) is 17.4. The van der Waals surface area contributed by atoms with Gasteiger partial charge in [-0.3, -0.25) is 13.9 Å². The molecule has 2 heterocycles. The Balaban J connectivity index is 1.46. The molecule has 0 spiro atoms. The minimum absolute atomic E-state index is 0.299. The number of fused-ring (bicyclic) bond motifs is 1. The normalized spacial score (nSPS) is 11.3. The van der Waals surface area contributed by atoms with Crippen molar-refractivity contribution in [3.63, 3.8) is 0 Å². The summed E-state index contributed by atoms with van der Waals surface area (Å²) in [7, 11) is 4.71. The second kappa shape index (κ2) is 8.31. The van der Waals surface area contributed by atoms with E-state index in [9.17, 15) is 9.59 Å². The third-order valence-electron chi connectivity index (χ3n) is 4.98. The van der Waals surface area contributed by atoms with E-state index >= 15 is 0 Å². The third-order valence-corrected chi connectivity index (χ3v) is 4.98. The molecule has 0 aliphatic carbocycles. The molecule has 2 aromatic heterocycles. The van der Waals surface area contributed by atoms with Crippen LogP contribution in [0.4, 0.5) is 5.95 Å². The fourth-order valence-electron chi connectivity index (χ4n) is 3.17. The Kier molecular flexibility index (Phi) is 5.40. The SMILES string of the molecule is Cn1c(=O)c2c(nc(N/N=C/c3ccc(OCc4ccccc4)cc3)n2C)n(C)c1=O. The van der Waals surface area contributed by atoms with E-state index in [0.29, 0.717) is 23.7 Å². The summed E-state index contributed by atoms with van der Waals surface area (Å²) in [6, 6.07) is 17.5. The van der Waals surface area contributed by atoms with Gasteiger partial charge in [-0.05, 0) is 35.4 Å². The summed E-state index contributed by atoms with van der Waals surface area (Å²) in [6.07, 6.45) is 1.64. The van der Waals surface area contributed by atoms with Gasteiger partial charge >= 0.3 is 5.69 Å². The molecule has 0 aliphatic heterocycles. The van der Waals surface area contributed by atoms with Crippen LogP contribution in [0.5, 0.6) is 5.75 Å². The van der Waals surface area contributed by atoms with Gasteiger partial charge < -0.3 is 9.30 Å². The molecular weight excluding hydrogens is 396 g/mol. The minimum Gasteiger partial charge on any atom is -0.489 e. The van der Waals surface area contributed by atoms with Crippen LogP contribution >= 0.6 is 0 Å². The lowest BCUT2D eigenvalue weighted by Crippen LogP contribution is -2.37. The number of aromatic nitrogens is 4. The fourth-order valence-corrected chi connectivity index (χ4v) is 3.17. The maximum Gasteiger partial charge on any atom is 0.332 e. The summed E-state index contributed by atoms with van der Waals surface area (Å²) in [4.78, 5) is 28.9. The summed E-state index contributed by atoms with van der Waals surface area (Å²) >= 11 is 0. The second-order valence-corrected chi connectivity index (χ2v) is 7.09. The van der Waals surface area contributed by atoms with Crippen molar-refractivity contribution in [3.8, 4) is 5.75 Å². The Morgan fingerprint density at radius 1 is 0.968 bits per heavy atom. The van der Waals surface area contributed by atoms with Crippen LogP contribution in [0.15, 0.2) is 69.3 Å². The van der Waals surface area contributed by atoms with E-state index in [4.69, 9.17) is 4.74 Å². The lowest BCUT2D eigenvalue weighted by molar-refractivity contribution is 0.306. The molecule has 0 saturated carbocycles. The maximum atomic E-state index is 12.4. The van der Waals surface area contributed by atoms with E-state index in [1.807, 2.05) is 54.6 Å². The van der Waals surface area contributed by atoms with E-state index in [-0.39, 0.29) is 0 Å². The van der Waals surface area contributed by atoms with Crippen molar-refractivity contribution < 1.29 is 4.74 Å². The predicted octanol–water partition coefficient (Wildman–Crippen LogP) is 2.00. The Bertz CT molecular complexity index is 1370. The highest BCUT2D eigenvalue weighted by atomic mass is 16.5. The summed E-state index contributed by atoms with van der Waals surface area (Å²) in [6.45, 7) is 0.504. The van der Waals surface area contributed by atoms with Gasteiger partial charge in [0, 0.05) is 21.1 Å². The summed E-state index contributed by atoms with van der Waals surface area (Å²) < 4.78 is 9.74. The molecule has 0 radical (unpaired) electrons. The third kappa shape index (κ3) is 3.97. The molecule has 0 atom stereocenters. The molecule has 4 rings (SSSR count). The first kappa shape index (κ1) is 20.1. The summed E-state index contributed by atoms with van der Waals surface area (Å²) in [5.74, 6) is 1.12. The first-order valence-corrected chi connectivity index (χ1v) is 9.64. The van der Waals surface area contributed by atoms with E-state index in [1.165, 1.54) is 11.6 Å². The van der Waals surface area contributed by atoms with Crippen molar-refractivity contribution in [2.24, 2.45) is 26.2 Å². The van der Waals surface area contributed by atoms with Gasteiger partial charge in [0.25, 0.3) is 5.56 Å². The quantitative estimate of drug-likeness (QED) is 0.382. The van der Waals surface area contributed by atoms with Gasteiger partial charge in [0.2, 0.25) is 5.95 Å². The van der Waals surface area contributed by atoms with Crippen molar-refractivity contribution >= 4 is 23.3 Å². The molecule has 9 nitrogen and oxygen atoms in total. The number of imidazole rings is 1. The molecule has 2 aromatic carbocycles. The fraction of sp³-hybridized carbons (Fsp3) is 0.182. The molecule has 0 fully saturated rings. The molecule has 158 valence electrons. The highest BCUT2D eigenvalue weighted by Crippen LogP contribution is 2.15. The first-order chi connectivity index (χ1) is 15.0. The Labute approximate surface area is 177 Å². The van der Waals surface area contributed by atoms with Gasteiger partial charge in [-0.1, -0.05) is 30.3 Å². The predicted molar refractivity (Wildman–Crippen MR) is 120 cm³/mol. The number of rotatable bonds is 6. The molecule has 0 unspecified atom stereocenters. The van der Waals surface area contributed by atoms with Crippen molar-refractivity contribution in [2.45, 2.75) is 6.61 Å². The summed E-state index contributed by atoms with van der Waals surface area (Å²) in [5.41, 5.74) is 4.58. The van der Waals surface area contributed by atoms with E-state index in [1.54, 1.807) is 24.9 Å². The van der Waals surface area contributed by atoms with Gasteiger partial charge in [-0.15, -0.1) is 0 Å². The summed E-state index contributed by atoms with van der Waals surface area (Å²) in [5, 5.41) is 4.20. The topological polar surface area (TPSA) is 95.4 Å². The zero-order valence-electron chi connectivity index (χ0n) is 17.4. The molecule has 1 N–H and O–H groups in total. The van der Waals surface area contributed by atoms with Crippen molar-refractivity contribution in [2.75, 3.05) is 5.43 Å². The highest BCUT2D eigenvalue weighted by Gasteiger charge is 2.16. The van der Waals surface area contributed by atoms with E-state index in [2.05, 4.69) is 15.5 Å². The average molecular weight is 418 g/mol. The van der Waals surface area contributed by atoms with Crippen LogP contribution in [0.3, 0.4) is 0 Å². The molecule has 0 aliphatic rings. The van der Waals surface area contributed by atoms with Gasteiger partial charge in [0.1, 0.15) is 12.4 Å². The number of benzene rings is 2. The monoisotopic (exact) mass is 418 g/mol. The molecule has 0 saturated heterocycles. The zero-order chi connectivity index (χ0) is 22.0. The van der Waals surface area contributed by atoms with Crippen LogP contribution in [0.1, 0.15) is 11.1 Å². The van der Waals surface area contributed by atoms with Crippen LogP contribution in [0.25, 0.3) is 11.2 Å². The van der Waals surface area contributed by atoms with Gasteiger partial charge in [-0.2, -0.15) is 10.1 Å². The molecule has 9 heteroatoms. The number of nitrogens with one attached hydrogen (secondary N) is 1. The standard InChI is InChI=1S/C22H22N6O3/c1-26-18-19(27(2)22(30)28(3)20(18)29)24-21(26)25-23-13-15-9-11-17(12-10-15)31-14-16-7-5-4-6-8-16/h4-13H,14H2,1-3H3,(H,24,25)/b23-13+. The Morgan fingerprint density at radius 3 is 2.39 bits per heavy atom. The maximum absolute atomic E-state index is 12.4. The second-order valence-electron chi connectivity index (χ2n) is 7.09. The number of hydrogen-bond acceptors (Lipinski definition) is 6. The highest BCUT2D eigenvalue weighted by molar-refractivity contribution is 5.80. The van der Waals surface area contributed by atoms with E-state index < -0.39 is 11.2 Å². The van der Waals surface area contributed by atoms with Gasteiger partial charge in [0.05, 0.1) is 6.21 Å². The number of hydrazone groups is 1. The smallest absolute Gasteiger partial charge is 0.332 e. The van der Waals surface area contributed by atoms with Crippen molar-refractivity contribution in [1.82, 2.24) is 18.7 Å². The lowest BCUT2D eigenvalue weighted by Gasteiger charge is -2.06. The number of aryl methyl sites for hydroxylation is 2. The molecule has 31 heavy (non-hydrogen) atoms. The first-order valence-electron chi connectivity index (χ1n) is 9.64. The van der Waals surface area contributed by atoms with Crippen LogP contribution < -0.4 is 21.4 Å². The molecule has 0 amide bonds. The van der Waals surface area contributed by atoms with Crippen molar-refractivity contribution in [3.05, 3.63) is 86.6 Å². The van der Waals surface area contributed by atoms with Gasteiger partial charge in [0.15, 0.2) is 11.2 Å². The Hall–Kier alpha value is -4.14. The van der Waals surface area contributed by atoms with Gasteiger partial charge in [-0.25, -0.2) is 10.2 Å². The van der Waals surface area contributed by atoms with Crippen LogP contribution in [0.2, 0.25) is 0 Å².